The third kappa shape index (κ3) is 4.68. The van der Waals surface area contributed by atoms with Gasteiger partial charge in [0.2, 0.25) is 6.10 Å². The Morgan fingerprint density at radius 1 is 1.13 bits per heavy atom. The minimum Gasteiger partial charge on any atom is -0.485 e. The van der Waals surface area contributed by atoms with E-state index in [-0.39, 0.29) is 54.3 Å². The van der Waals surface area contributed by atoms with Crippen molar-refractivity contribution < 1.29 is 33.3 Å². The molecule has 1 aliphatic rings. The zero-order valence-electron chi connectivity index (χ0n) is 20.3. The van der Waals surface area contributed by atoms with Crippen LogP contribution in [-0.4, -0.2) is 39.3 Å². The monoisotopic (exact) mass is 518 g/mol. The molecule has 0 radical (unpaired) electrons. The van der Waals surface area contributed by atoms with Crippen LogP contribution in [-0.2, 0) is 29.1 Å². The molecular weight excluding hydrogens is 495 g/mol. The summed E-state index contributed by atoms with van der Waals surface area (Å²) in [7, 11) is 0. The van der Waals surface area contributed by atoms with Gasteiger partial charge in [-0.05, 0) is 30.2 Å². The Morgan fingerprint density at radius 3 is 2.55 bits per heavy atom. The fourth-order valence-corrected chi connectivity index (χ4v) is 4.37. The molecule has 1 aliphatic heterocycles. The van der Waals surface area contributed by atoms with Crippen molar-refractivity contribution in [1.29, 1.82) is 0 Å². The fraction of sp³-hybridized carbons (Fsp3) is 0.214. The third-order valence-corrected chi connectivity index (χ3v) is 6.15. The first-order valence-electron chi connectivity index (χ1n) is 11.9. The molecule has 0 spiro atoms. The molecular formula is C28H23FN2O7. The van der Waals surface area contributed by atoms with E-state index in [0.29, 0.717) is 5.56 Å². The second-order valence-electron chi connectivity index (χ2n) is 8.67. The van der Waals surface area contributed by atoms with Gasteiger partial charge in [0.1, 0.15) is 23.5 Å². The van der Waals surface area contributed by atoms with Crippen molar-refractivity contribution in [3.63, 3.8) is 0 Å². The number of benzene rings is 2. The number of hydrogen-bond acceptors (Lipinski definition) is 7. The Balaban J connectivity index is 1.72. The third-order valence-electron chi connectivity index (χ3n) is 6.15. The van der Waals surface area contributed by atoms with E-state index >= 15 is 0 Å². The summed E-state index contributed by atoms with van der Waals surface area (Å²) < 4.78 is 31.6. The van der Waals surface area contributed by atoms with Crippen molar-refractivity contribution in [2.45, 2.75) is 32.6 Å². The maximum Gasteiger partial charge on any atom is 0.347 e. The van der Waals surface area contributed by atoms with E-state index in [9.17, 15) is 23.9 Å². The average molecular weight is 518 g/mol. The van der Waals surface area contributed by atoms with Gasteiger partial charge in [0, 0.05) is 18.2 Å². The Morgan fingerprint density at radius 2 is 1.87 bits per heavy atom. The first kappa shape index (κ1) is 24.9. The van der Waals surface area contributed by atoms with Crippen LogP contribution in [0, 0.1) is 5.82 Å². The number of ether oxygens (including phenoxy) is 3. The molecule has 194 valence electrons. The van der Waals surface area contributed by atoms with Crippen LogP contribution in [0.5, 0.6) is 11.5 Å². The smallest absolute Gasteiger partial charge is 0.347 e. The van der Waals surface area contributed by atoms with Crippen LogP contribution in [0.15, 0.2) is 65.6 Å². The number of aliphatic carboxylic acids is 1. The number of pyridine rings is 2. The summed E-state index contributed by atoms with van der Waals surface area (Å²) in [6.07, 6.45) is 0.326. The molecule has 0 bridgehead atoms. The van der Waals surface area contributed by atoms with Crippen LogP contribution >= 0.6 is 0 Å². The van der Waals surface area contributed by atoms with Gasteiger partial charge in [0.15, 0.2) is 17.1 Å². The van der Waals surface area contributed by atoms with Crippen molar-refractivity contribution in [1.82, 2.24) is 9.55 Å². The van der Waals surface area contributed by atoms with Crippen molar-refractivity contribution >= 4 is 23.0 Å². The van der Waals surface area contributed by atoms with E-state index in [4.69, 9.17) is 14.2 Å². The first-order chi connectivity index (χ1) is 18.4. The molecule has 4 aromatic rings. The number of carbonyl (C=O) groups excluding carboxylic acids is 1. The molecule has 2 aromatic heterocycles. The lowest BCUT2D eigenvalue weighted by molar-refractivity contribution is -0.146. The molecule has 10 heteroatoms. The molecule has 9 nitrogen and oxygen atoms in total. The van der Waals surface area contributed by atoms with Crippen LogP contribution in [0.4, 0.5) is 4.39 Å². The van der Waals surface area contributed by atoms with Gasteiger partial charge in [0.25, 0.3) is 5.56 Å². The molecule has 0 amide bonds. The van der Waals surface area contributed by atoms with E-state index < -0.39 is 29.4 Å². The van der Waals surface area contributed by atoms with Crippen molar-refractivity contribution in [2.75, 3.05) is 6.61 Å². The van der Waals surface area contributed by atoms with Gasteiger partial charge in [0.05, 0.1) is 13.2 Å². The molecule has 0 saturated heterocycles. The zero-order chi connectivity index (χ0) is 26.8. The molecule has 0 fully saturated rings. The summed E-state index contributed by atoms with van der Waals surface area (Å²) in [6, 6.07) is 15.0. The topological polar surface area (TPSA) is 117 Å². The van der Waals surface area contributed by atoms with Crippen molar-refractivity contribution in [3.8, 4) is 11.5 Å². The predicted octanol–water partition coefficient (Wildman–Crippen LogP) is 3.73. The highest BCUT2D eigenvalue weighted by molar-refractivity contribution is 6.00. The van der Waals surface area contributed by atoms with E-state index in [2.05, 4.69) is 4.98 Å². The molecule has 1 atom stereocenters. The van der Waals surface area contributed by atoms with Gasteiger partial charge >= 0.3 is 11.9 Å². The maximum absolute atomic E-state index is 13.7. The minimum atomic E-state index is -1.39. The summed E-state index contributed by atoms with van der Waals surface area (Å²) in [5.74, 6) is -2.51. The summed E-state index contributed by atoms with van der Waals surface area (Å²) in [5, 5.41) is 9.73. The number of carboxylic acid groups (broad SMARTS) is 1. The van der Waals surface area contributed by atoms with Crippen LogP contribution in [0.2, 0.25) is 0 Å². The minimum absolute atomic E-state index is 0.0184. The van der Waals surface area contributed by atoms with E-state index in [0.717, 1.165) is 11.1 Å². The van der Waals surface area contributed by atoms with E-state index in [1.807, 2.05) is 30.3 Å². The highest BCUT2D eigenvalue weighted by atomic mass is 19.1. The molecule has 38 heavy (non-hydrogen) atoms. The predicted molar refractivity (Wildman–Crippen MR) is 134 cm³/mol. The second kappa shape index (κ2) is 10.3. The molecule has 5 rings (SSSR count). The van der Waals surface area contributed by atoms with E-state index in [1.165, 1.54) is 22.9 Å². The van der Waals surface area contributed by atoms with Gasteiger partial charge in [-0.2, -0.15) is 0 Å². The Labute approximate surface area is 216 Å². The van der Waals surface area contributed by atoms with Crippen molar-refractivity contribution in [2.24, 2.45) is 0 Å². The summed E-state index contributed by atoms with van der Waals surface area (Å²) in [5.41, 5.74) is 1.24. The summed E-state index contributed by atoms with van der Waals surface area (Å²) >= 11 is 0. The fourth-order valence-electron chi connectivity index (χ4n) is 4.37. The van der Waals surface area contributed by atoms with Gasteiger partial charge in [-0.3, -0.25) is 14.3 Å². The highest BCUT2D eigenvalue weighted by Crippen LogP contribution is 2.38. The standard InChI is InChI=1S/C28H23FN2O7/c1-2-36-28(35)21-25(37-15-17-6-4-3-5-7-17)22-23-24(38-20(27(33)34)14-31(23)26(21)32)18(13-30-22)12-16-8-10-19(29)11-9-16/h3-11,13,20H,2,12,14-15H2,1H3,(H,33,34). The lowest BCUT2D eigenvalue weighted by Crippen LogP contribution is -2.41. The normalized spacial score (nSPS) is 14.1. The quantitative estimate of drug-likeness (QED) is 0.351. The summed E-state index contributed by atoms with van der Waals surface area (Å²) in [6.45, 7) is 1.32. The Hall–Kier alpha value is -4.73. The number of aromatic nitrogens is 2. The first-order valence-corrected chi connectivity index (χ1v) is 11.9. The number of carboxylic acids is 1. The van der Waals surface area contributed by atoms with Crippen LogP contribution in [0.3, 0.4) is 0 Å². The molecule has 1 N–H and O–H groups in total. The molecule has 2 aromatic carbocycles. The van der Waals surface area contributed by atoms with Gasteiger partial charge < -0.3 is 19.3 Å². The largest absolute Gasteiger partial charge is 0.485 e. The Kier molecular flexibility index (Phi) is 6.78. The highest BCUT2D eigenvalue weighted by Gasteiger charge is 2.35. The van der Waals surface area contributed by atoms with Crippen LogP contribution in [0.25, 0.3) is 11.0 Å². The van der Waals surface area contributed by atoms with Crippen LogP contribution in [0.1, 0.15) is 34.0 Å². The lowest BCUT2D eigenvalue weighted by Gasteiger charge is -2.28. The maximum atomic E-state index is 13.7. The summed E-state index contributed by atoms with van der Waals surface area (Å²) in [4.78, 5) is 43.1. The van der Waals surface area contributed by atoms with Gasteiger partial charge in [-0.1, -0.05) is 42.5 Å². The zero-order valence-corrected chi connectivity index (χ0v) is 20.3. The van der Waals surface area contributed by atoms with Gasteiger partial charge in [-0.15, -0.1) is 0 Å². The SMILES string of the molecule is CCOC(=O)c1c(OCc2ccccc2)c2ncc(Cc3ccc(F)cc3)c3c2n(c1=O)CC(C(=O)O)O3. The molecule has 1 unspecified atom stereocenters. The lowest BCUT2D eigenvalue weighted by atomic mass is 10.0. The average Bonchev–Trinajstić information content (AvgIpc) is 2.92. The number of nitrogens with zero attached hydrogens (tertiary/aromatic N) is 2. The van der Waals surface area contributed by atoms with Crippen LogP contribution < -0.4 is 15.0 Å². The second-order valence-corrected chi connectivity index (χ2v) is 8.67. The molecule has 0 saturated carbocycles. The van der Waals surface area contributed by atoms with Gasteiger partial charge in [-0.25, -0.2) is 14.0 Å². The number of rotatable bonds is 8. The molecule has 3 heterocycles. The number of esters is 1. The van der Waals surface area contributed by atoms with Crippen molar-refractivity contribution in [3.05, 3.63) is 99.2 Å². The molecule has 0 aliphatic carbocycles. The number of halogens is 1. The Bertz CT molecular complexity index is 1580. The number of hydrogen-bond donors (Lipinski definition) is 1. The van der Waals surface area contributed by atoms with E-state index in [1.54, 1.807) is 19.1 Å². The number of carbonyl (C=O) groups is 2.